The SMILES string of the molecule is O=C(Nc1cccc(N2CCCC2=O)c1)[C@H]1CCCN1C1CCCC1. The van der Waals surface area contributed by atoms with Crippen molar-refractivity contribution in [1.82, 2.24) is 4.90 Å². The Balaban J connectivity index is 1.44. The van der Waals surface area contributed by atoms with Crippen LogP contribution in [-0.2, 0) is 9.59 Å². The van der Waals surface area contributed by atoms with Gasteiger partial charge in [-0.25, -0.2) is 0 Å². The molecule has 0 bridgehead atoms. The molecule has 0 unspecified atom stereocenters. The van der Waals surface area contributed by atoms with Gasteiger partial charge in [-0.1, -0.05) is 18.9 Å². The number of carbonyl (C=O) groups excluding carboxylic acids is 2. The molecule has 1 saturated carbocycles. The van der Waals surface area contributed by atoms with E-state index >= 15 is 0 Å². The molecule has 5 heteroatoms. The van der Waals surface area contributed by atoms with Gasteiger partial charge in [-0.3, -0.25) is 14.5 Å². The van der Waals surface area contributed by atoms with Crippen molar-refractivity contribution >= 4 is 23.2 Å². The van der Waals surface area contributed by atoms with Crippen molar-refractivity contribution in [2.45, 2.75) is 63.5 Å². The van der Waals surface area contributed by atoms with E-state index in [0.29, 0.717) is 12.5 Å². The minimum Gasteiger partial charge on any atom is -0.325 e. The first-order chi connectivity index (χ1) is 12.2. The van der Waals surface area contributed by atoms with Crippen LogP contribution in [0.4, 0.5) is 11.4 Å². The van der Waals surface area contributed by atoms with Gasteiger partial charge in [-0.15, -0.1) is 0 Å². The van der Waals surface area contributed by atoms with Crippen molar-refractivity contribution in [2.75, 3.05) is 23.3 Å². The number of carbonyl (C=O) groups is 2. The molecule has 5 nitrogen and oxygen atoms in total. The average molecular weight is 341 g/mol. The van der Waals surface area contributed by atoms with Gasteiger partial charge in [0.15, 0.2) is 0 Å². The van der Waals surface area contributed by atoms with Crippen LogP contribution in [-0.4, -0.2) is 41.9 Å². The molecule has 0 radical (unpaired) electrons. The fourth-order valence-corrected chi connectivity index (χ4v) is 4.64. The lowest BCUT2D eigenvalue weighted by atomic mass is 10.1. The summed E-state index contributed by atoms with van der Waals surface area (Å²) in [6.45, 7) is 1.82. The van der Waals surface area contributed by atoms with Crippen molar-refractivity contribution in [1.29, 1.82) is 0 Å². The zero-order valence-electron chi connectivity index (χ0n) is 14.7. The summed E-state index contributed by atoms with van der Waals surface area (Å²) in [5.41, 5.74) is 1.68. The van der Waals surface area contributed by atoms with Gasteiger partial charge in [0.2, 0.25) is 11.8 Å². The highest BCUT2D eigenvalue weighted by atomic mass is 16.2. The van der Waals surface area contributed by atoms with Crippen molar-refractivity contribution in [2.24, 2.45) is 0 Å². The summed E-state index contributed by atoms with van der Waals surface area (Å²) in [7, 11) is 0. The molecule has 4 rings (SSSR count). The van der Waals surface area contributed by atoms with Crippen LogP contribution < -0.4 is 10.2 Å². The fraction of sp³-hybridized carbons (Fsp3) is 0.600. The largest absolute Gasteiger partial charge is 0.325 e. The molecule has 0 spiro atoms. The standard InChI is InChI=1S/C20H27N3O2/c24-19-11-5-13-23(19)17-9-3-6-15(14-17)21-20(25)18-10-4-12-22(18)16-7-1-2-8-16/h3,6,9,14,16,18H,1-2,4-5,7-8,10-13H2,(H,21,25)/t18-/m1/s1. The third-order valence-electron chi connectivity index (χ3n) is 5.89. The molecule has 0 aromatic heterocycles. The predicted octanol–water partition coefficient (Wildman–Crippen LogP) is 3.16. The minimum absolute atomic E-state index is 0.000162. The molecule has 1 aromatic rings. The Morgan fingerprint density at radius 2 is 1.88 bits per heavy atom. The van der Waals surface area contributed by atoms with Gasteiger partial charge in [0.25, 0.3) is 0 Å². The monoisotopic (exact) mass is 341 g/mol. The third kappa shape index (κ3) is 3.43. The summed E-state index contributed by atoms with van der Waals surface area (Å²) in [6, 6.07) is 8.29. The Bertz CT molecular complexity index is 654. The number of nitrogens with one attached hydrogen (secondary N) is 1. The zero-order valence-corrected chi connectivity index (χ0v) is 14.7. The molecule has 2 aliphatic heterocycles. The first-order valence-electron chi connectivity index (χ1n) is 9.69. The van der Waals surface area contributed by atoms with Crippen LogP contribution in [0.3, 0.4) is 0 Å². The van der Waals surface area contributed by atoms with Crippen LogP contribution >= 0.6 is 0 Å². The van der Waals surface area contributed by atoms with Gasteiger partial charge in [-0.2, -0.15) is 0 Å². The molecule has 3 fully saturated rings. The van der Waals surface area contributed by atoms with E-state index in [1.165, 1.54) is 25.7 Å². The second kappa shape index (κ2) is 7.16. The summed E-state index contributed by atoms with van der Waals surface area (Å²) in [5.74, 6) is 0.279. The Labute approximate surface area is 149 Å². The van der Waals surface area contributed by atoms with Gasteiger partial charge >= 0.3 is 0 Å². The summed E-state index contributed by atoms with van der Waals surface area (Å²) < 4.78 is 0. The van der Waals surface area contributed by atoms with Gasteiger partial charge in [0.05, 0.1) is 6.04 Å². The molecule has 1 atom stereocenters. The van der Waals surface area contributed by atoms with E-state index in [0.717, 1.165) is 43.7 Å². The summed E-state index contributed by atoms with van der Waals surface area (Å²) >= 11 is 0. The average Bonchev–Trinajstić information content (AvgIpc) is 3.36. The molecule has 2 heterocycles. The maximum Gasteiger partial charge on any atom is 0.241 e. The normalized spacial score (nSPS) is 25.0. The molecule has 25 heavy (non-hydrogen) atoms. The maximum absolute atomic E-state index is 12.8. The lowest BCUT2D eigenvalue weighted by molar-refractivity contribution is -0.121. The van der Waals surface area contributed by atoms with E-state index in [9.17, 15) is 9.59 Å². The molecule has 3 aliphatic rings. The number of nitrogens with zero attached hydrogens (tertiary/aromatic N) is 2. The molecular formula is C20H27N3O2. The number of benzene rings is 1. The van der Waals surface area contributed by atoms with E-state index in [1.54, 1.807) is 0 Å². The lowest BCUT2D eigenvalue weighted by Crippen LogP contribution is -2.44. The Kier molecular flexibility index (Phi) is 4.75. The van der Waals surface area contributed by atoms with Crippen LogP contribution in [0.2, 0.25) is 0 Å². The minimum atomic E-state index is 0.000162. The highest BCUT2D eigenvalue weighted by molar-refractivity contribution is 5.98. The van der Waals surface area contributed by atoms with Gasteiger partial charge < -0.3 is 10.2 Å². The Morgan fingerprint density at radius 1 is 1.04 bits per heavy atom. The second-order valence-electron chi connectivity index (χ2n) is 7.52. The van der Waals surface area contributed by atoms with E-state index in [-0.39, 0.29) is 17.9 Å². The first-order valence-corrected chi connectivity index (χ1v) is 9.69. The highest BCUT2D eigenvalue weighted by Crippen LogP contribution is 2.31. The number of amides is 2. The molecule has 1 N–H and O–H groups in total. The molecular weight excluding hydrogens is 314 g/mol. The van der Waals surface area contributed by atoms with Crippen molar-refractivity contribution in [3.63, 3.8) is 0 Å². The summed E-state index contributed by atoms with van der Waals surface area (Å²) in [6.07, 6.45) is 8.64. The highest BCUT2D eigenvalue weighted by Gasteiger charge is 2.36. The smallest absolute Gasteiger partial charge is 0.241 e. The van der Waals surface area contributed by atoms with Gasteiger partial charge in [0, 0.05) is 30.4 Å². The van der Waals surface area contributed by atoms with E-state index in [1.807, 2.05) is 29.2 Å². The van der Waals surface area contributed by atoms with Crippen LogP contribution in [0, 0.1) is 0 Å². The number of anilines is 2. The third-order valence-corrected chi connectivity index (χ3v) is 5.89. The maximum atomic E-state index is 12.8. The Morgan fingerprint density at radius 3 is 2.64 bits per heavy atom. The van der Waals surface area contributed by atoms with E-state index < -0.39 is 0 Å². The van der Waals surface area contributed by atoms with E-state index in [4.69, 9.17) is 0 Å². The lowest BCUT2D eigenvalue weighted by Gasteiger charge is -2.29. The quantitative estimate of drug-likeness (QED) is 0.915. The number of rotatable bonds is 4. The van der Waals surface area contributed by atoms with Crippen LogP contribution in [0.15, 0.2) is 24.3 Å². The van der Waals surface area contributed by atoms with E-state index in [2.05, 4.69) is 10.2 Å². The van der Waals surface area contributed by atoms with Gasteiger partial charge in [0.1, 0.15) is 0 Å². The van der Waals surface area contributed by atoms with Crippen molar-refractivity contribution < 1.29 is 9.59 Å². The molecule has 2 saturated heterocycles. The number of hydrogen-bond donors (Lipinski definition) is 1. The fourth-order valence-electron chi connectivity index (χ4n) is 4.64. The van der Waals surface area contributed by atoms with Crippen LogP contribution in [0.25, 0.3) is 0 Å². The number of likely N-dealkylation sites (tertiary alicyclic amines) is 1. The number of hydrogen-bond acceptors (Lipinski definition) is 3. The summed E-state index contributed by atoms with van der Waals surface area (Å²) in [4.78, 5) is 29.0. The molecule has 134 valence electrons. The van der Waals surface area contributed by atoms with Crippen molar-refractivity contribution in [3.8, 4) is 0 Å². The predicted molar refractivity (Wildman–Crippen MR) is 98.6 cm³/mol. The zero-order chi connectivity index (χ0) is 17.2. The topological polar surface area (TPSA) is 52.7 Å². The molecule has 1 aromatic carbocycles. The van der Waals surface area contributed by atoms with Crippen LogP contribution in [0.5, 0.6) is 0 Å². The second-order valence-corrected chi connectivity index (χ2v) is 7.52. The molecule has 2 amide bonds. The first kappa shape index (κ1) is 16.6. The van der Waals surface area contributed by atoms with Crippen LogP contribution in [0.1, 0.15) is 51.4 Å². The molecule has 1 aliphatic carbocycles. The van der Waals surface area contributed by atoms with Crippen molar-refractivity contribution in [3.05, 3.63) is 24.3 Å². The Hall–Kier alpha value is -1.88. The summed E-state index contributed by atoms with van der Waals surface area (Å²) in [5, 5.41) is 3.10. The van der Waals surface area contributed by atoms with Gasteiger partial charge in [-0.05, 0) is 56.8 Å².